The van der Waals surface area contributed by atoms with E-state index in [0.717, 1.165) is 47.9 Å². The molecule has 0 saturated carbocycles. The van der Waals surface area contributed by atoms with Gasteiger partial charge in [-0.2, -0.15) is 0 Å². The molecule has 28 heavy (non-hydrogen) atoms. The summed E-state index contributed by atoms with van der Waals surface area (Å²) >= 11 is 1.42. The Morgan fingerprint density at radius 1 is 1.07 bits per heavy atom. The van der Waals surface area contributed by atoms with E-state index in [0.29, 0.717) is 17.3 Å². The summed E-state index contributed by atoms with van der Waals surface area (Å²) in [6, 6.07) is 12.8. The summed E-state index contributed by atoms with van der Waals surface area (Å²) in [7, 11) is 0. The minimum Gasteiger partial charge on any atom is -0.467 e. The highest BCUT2D eigenvalue weighted by molar-refractivity contribution is 7.99. The molecule has 1 aliphatic rings. The first-order chi connectivity index (χ1) is 13.8. The molecule has 0 aliphatic carbocycles. The molecule has 3 aromatic heterocycles. The van der Waals surface area contributed by atoms with E-state index in [4.69, 9.17) is 8.83 Å². The van der Waals surface area contributed by atoms with Gasteiger partial charge in [-0.1, -0.05) is 18.2 Å². The molecule has 1 aliphatic heterocycles. The van der Waals surface area contributed by atoms with Gasteiger partial charge >= 0.3 is 5.63 Å². The molecule has 142 valence electrons. The normalized spacial score (nSPS) is 14.2. The maximum absolute atomic E-state index is 12.0. The molecule has 1 fully saturated rings. The number of hydrogen-bond donors (Lipinski definition) is 0. The van der Waals surface area contributed by atoms with Gasteiger partial charge in [0.2, 0.25) is 5.95 Å². The average molecular weight is 394 g/mol. The summed E-state index contributed by atoms with van der Waals surface area (Å²) in [5, 5.41) is 10.5. The van der Waals surface area contributed by atoms with Gasteiger partial charge in [0.25, 0.3) is 0 Å². The van der Waals surface area contributed by atoms with Crippen molar-refractivity contribution in [3.8, 4) is 0 Å². The van der Waals surface area contributed by atoms with Crippen LogP contribution in [0.4, 0.5) is 5.95 Å². The fourth-order valence-corrected chi connectivity index (χ4v) is 4.44. The van der Waals surface area contributed by atoms with Gasteiger partial charge in [-0.15, -0.1) is 10.2 Å². The molecular weight excluding hydrogens is 376 g/mol. The topological polar surface area (TPSA) is 77.3 Å². The van der Waals surface area contributed by atoms with Crippen molar-refractivity contribution >= 4 is 28.7 Å². The third-order valence-corrected chi connectivity index (χ3v) is 5.84. The first-order valence-electron chi connectivity index (χ1n) is 9.19. The zero-order valence-electron chi connectivity index (χ0n) is 15.1. The van der Waals surface area contributed by atoms with Gasteiger partial charge < -0.3 is 13.7 Å². The quantitative estimate of drug-likeness (QED) is 0.477. The third-order valence-electron chi connectivity index (χ3n) is 4.79. The van der Waals surface area contributed by atoms with Crippen LogP contribution in [-0.4, -0.2) is 27.9 Å². The van der Waals surface area contributed by atoms with Crippen molar-refractivity contribution < 1.29 is 8.83 Å². The molecular formula is C20H18N4O3S. The van der Waals surface area contributed by atoms with Crippen LogP contribution in [0.25, 0.3) is 11.0 Å². The fourth-order valence-electron chi connectivity index (χ4n) is 3.47. The van der Waals surface area contributed by atoms with Gasteiger partial charge in [0.05, 0.1) is 12.8 Å². The van der Waals surface area contributed by atoms with E-state index in [-0.39, 0.29) is 5.63 Å². The Morgan fingerprint density at radius 2 is 1.93 bits per heavy atom. The molecule has 0 spiro atoms. The standard InChI is InChI=1S/C20H18N4O3S/c25-18-12-17(15-7-1-2-8-16(15)27-18)28-20-22-21-19(23-9-3-4-10-23)24(20)13-14-6-5-11-26-14/h1-2,5-8,11-12H,3-4,9-10,13H2. The lowest BCUT2D eigenvalue weighted by Gasteiger charge is -2.17. The third kappa shape index (κ3) is 3.20. The van der Waals surface area contributed by atoms with Crippen LogP contribution in [0.5, 0.6) is 0 Å². The van der Waals surface area contributed by atoms with Gasteiger partial charge in [0.1, 0.15) is 11.3 Å². The Morgan fingerprint density at radius 3 is 2.75 bits per heavy atom. The molecule has 0 atom stereocenters. The molecule has 4 heterocycles. The fraction of sp³-hybridized carbons (Fsp3) is 0.250. The van der Waals surface area contributed by atoms with Gasteiger partial charge in [-0.3, -0.25) is 4.57 Å². The van der Waals surface area contributed by atoms with E-state index in [1.165, 1.54) is 17.8 Å². The number of anilines is 1. The second-order valence-electron chi connectivity index (χ2n) is 6.67. The minimum atomic E-state index is -0.377. The molecule has 0 radical (unpaired) electrons. The molecule has 0 N–H and O–H groups in total. The molecule has 4 aromatic rings. The number of rotatable bonds is 5. The highest BCUT2D eigenvalue weighted by atomic mass is 32.2. The van der Waals surface area contributed by atoms with E-state index in [1.54, 1.807) is 12.3 Å². The lowest BCUT2D eigenvalue weighted by atomic mass is 10.2. The summed E-state index contributed by atoms with van der Waals surface area (Å²) in [5.41, 5.74) is 0.187. The Labute approximate surface area is 165 Å². The number of hydrogen-bond acceptors (Lipinski definition) is 7. The van der Waals surface area contributed by atoms with Crippen molar-refractivity contribution in [1.82, 2.24) is 14.8 Å². The lowest BCUT2D eigenvalue weighted by Crippen LogP contribution is -2.22. The van der Waals surface area contributed by atoms with Crippen LogP contribution in [0, 0.1) is 0 Å². The van der Waals surface area contributed by atoms with Crippen LogP contribution in [0.3, 0.4) is 0 Å². The second kappa shape index (κ2) is 7.20. The summed E-state index contributed by atoms with van der Waals surface area (Å²) in [4.78, 5) is 15.1. The zero-order valence-corrected chi connectivity index (χ0v) is 15.9. The summed E-state index contributed by atoms with van der Waals surface area (Å²) in [6.45, 7) is 2.48. The van der Waals surface area contributed by atoms with Crippen molar-refractivity contribution in [2.75, 3.05) is 18.0 Å². The molecule has 0 bridgehead atoms. The predicted octanol–water partition coefficient (Wildman–Crippen LogP) is 3.78. The van der Waals surface area contributed by atoms with Gasteiger partial charge in [0, 0.05) is 29.4 Å². The first-order valence-corrected chi connectivity index (χ1v) is 10.0. The predicted molar refractivity (Wildman–Crippen MR) is 106 cm³/mol. The Hall–Kier alpha value is -3.00. The molecule has 5 rings (SSSR count). The Bertz CT molecular complexity index is 1160. The number of para-hydroxylation sites is 1. The van der Waals surface area contributed by atoms with E-state index in [2.05, 4.69) is 19.7 Å². The highest BCUT2D eigenvalue weighted by Crippen LogP contribution is 2.34. The first kappa shape index (κ1) is 17.1. The van der Waals surface area contributed by atoms with Crippen LogP contribution in [0.1, 0.15) is 18.6 Å². The van der Waals surface area contributed by atoms with E-state index >= 15 is 0 Å². The maximum Gasteiger partial charge on any atom is 0.337 e. The van der Waals surface area contributed by atoms with Crippen LogP contribution in [0.2, 0.25) is 0 Å². The Balaban J connectivity index is 1.57. The van der Waals surface area contributed by atoms with E-state index < -0.39 is 0 Å². The zero-order chi connectivity index (χ0) is 18.9. The van der Waals surface area contributed by atoms with Crippen molar-refractivity contribution in [3.63, 3.8) is 0 Å². The number of benzene rings is 1. The van der Waals surface area contributed by atoms with Crippen molar-refractivity contribution in [2.24, 2.45) is 0 Å². The van der Waals surface area contributed by atoms with Crippen molar-refractivity contribution in [3.05, 3.63) is 64.9 Å². The SMILES string of the molecule is O=c1cc(Sc2nnc(N3CCCC3)n2Cc2ccco2)c2ccccc2o1. The van der Waals surface area contributed by atoms with Gasteiger partial charge in [0.15, 0.2) is 5.16 Å². The van der Waals surface area contributed by atoms with Crippen LogP contribution < -0.4 is 10.5 Å². The van der Waals surface area contributed by atoms with E-state index in [1.807, 2.05) is 30.3 Å². The van der Waals surface area contributed by atoms with Crippen LogP contribution >= 0.6 is 11.8 Å². The van der Waals surface area contributed by atoms with E-state index in [9.17, 15) is 4.79 Å². The van der Waals surface area contributed by atoms with Gasteiger partial charge in [-0.25, -0.2) is 4.79 Å². The monoisotopic (exact) mass is 394 g/mol. The minimum absolute atomic E-state index is 0.377. The van der Waals surface area contributed by atoms with Crippen LogP contribution in [-0.2, 0) is 6.54 Å². The molecule has 0 amide bonds. The molecule has 1 aromatic carbocycles. The average Bonchev–Trinajstić information content (AvgIpc) is 3.45. The van der Waals surface area contributed by atoms with Crippen molar-refractivity contribution in [1.29, 1.82) is 0 Å². The number of furan rings is 1. The number of aromatic nitrogens is 3. The number of nitrogens with zero attached hydrogens (tertiary/aromatic N) is 4. The molecule has 8 heteroatoms. The molecule has 1 saturated heterocycles. The van der Waals surface area contributed by atoms with Crippen molar-refractivity contribution in [2.45, 2.75) is 29.4 Å². The molecule has 7 nitrogen and oxygen atoms in total. The van der Waals surface area contributed by atoms with Crippen LogP contribution in [0.15, 0.2) is 72.4 Å². The summed E-state index contributed by atoms with van der Waals surface area (Å²) in [6.07, 6.45) is 3.97. The largest absolute Gasteiger partial charge is 0.467 e. The lowest BCUT2D eigenvalue weighted by molar-refractivity contribution is 0.483. The number of fused-ring (bicyclic) bond motifs is 1. The summed E-state index contributed by atoms with van der Waals surface area (Å²) in [5.74, 6) is 1.67. The van der Waals surface area contributed by atoms with Gasteiger partial charge in [-0.05, 0) is 42.8 Å². The smallest absolute Gasteiger partial charge is 0.337 e. The molecule has 0 unspecified atom stereocenters. The Kier molecular flexibility index (Phi) is 4.40. The highest BCUT2D eigenvalue weighted by Gasteiger charge is 2.23. The second-order valence-corrected chi connectivity index (χ2v) is 7.68. The summed E-state index contributed by atoms with van der Waals surface area (Å²) < 4.78 is 12.9. The maximum atomic E-state index is 12.0.